The Morgan fingerprint density at radius 1 is 1.25 bits per heavy atom. The third-order valence-electron chi connectivity index (χ3n) is 2.70. The van der Waals surface area contributed by atoms with E-state index in [-0.39, 0.29) is 0 Å². The fourth-order valence-corrected chi connectivity index (χ4v) is 2.21. The fourth-order valence-electron chi connectivity index (χ4n) is 1.86. The molecule has 0 radical (unpaired) electrons. The number of hydrogen-bond acceptors (Lipinski definition) is 0. The van der Waals surface area contributed by atoms with Crippen molar-refractivity contribution in [2.75, 3.05) is 0 Å². The molecule has 0 amide bonds. The molecule has 16 heavy (non-hydrogen) atoms. The number of benzene rings is 1. The van der Waals surface area contributed by atoms with Crippen LogP contribution in [0.5, 0.6) is 0 Å². The Kier molecular flexibility index (Phi) is 5.00. The molecule has 0 saturated heterocycles. The minimum atomic E-state index is 1.10. The molecule has 84 valence electrons. The number of hydrogen-bond donors (Lipinski definition) is 0. The molecule has 1 heteroatoms. The Hall–Kier alpha value is -1.34. The van der Waals surface area contributed by atoms with Crippen LogP contribution in [-0.2, 0) is 6.42 Å². The summed E-state index contributed by atoms with van der Waals surface area (Å²) in [7, 11) is 1.11. The largest absolute Gasteiger partial charge is 0.105 e. The summed E-state index contributed by atoms with van der Waals surface area (Å²) >= 11 is 0. The molecular weight excluding hydrogens is 208 g/mol. The molecular formula is C15H20Si. The van der Waals surface area contributed by atoms with Crippen LogP contribution in [-0.4, -0.2) is 10.2 Å². The van der Waals surface area contributed by atoms with E-state index in [1.165, 1.54) is 28.3 Å². The van der Waals surface area contributed by atoms with E-state index in [1.807, 2.05) is 12.2 Å². The maximum Gasteiger partial charge on any atom is 0.0325 e. The van der Waals surface area contributed by atoms with Gasteiger partial charge in [-0.05, 0) is 36.0 Å². The molecule has 0 heterocycles. The van der Waals surface area contributed by atoms with Gasteiger partial charge in [-0.2, -0.15) is 0 Å². The van der Waals surface area contributed by atoms with E-state index in [0.717, 1.165) is 23.1 Å². The molecule has 0 spiro atoms. The van der Waals surface area contributed by atoms with E-state index in [1.54, 1.807) is 0 Å². The van der Waals surface area contributed by atoms with Crippen LogP contribution < -0.4 is 0 Å². The maximum atomic E-state index is 3.99. The summed E-state index contributed by atoms with van der Waals surface area (Å²) in [5.74, 6) is 0. The third-order valence-corrected chi connectivity index (χ3v) is 3.20. The predicted octanol–water partition coefficient (Wildman–Crippen LogP) is 3.17. The molecule has 0 saturated carbocycles. The summed E-state index contributed by atoms with van der Waals surface area (Å²) in [6.07, 6.45) is 7.27. The van der Waals surface area contributed by atoms with E-state index in [4.69, 9.17) is 0 Å². The maximum absolute atomic E-state index is 3.99. The van der Waals surface area contributed by atoms with Crippen LogP contribution in [0.1, 0.15) is 29.5 Å². The quantitative estimate of drug-likeness (QED) is 0.656. The van der Waals surface area contributed by atoms with Gasteiger partial charge in [-0.25, -0.2) is 0 Å². The summed E-state index contributed by atoms with van der Waals surface area (Å²) in [5, 5.41) is 1.39. The zero-order valence-electron chi connectivity index (χ0n) is 10.1. The van der Waals surface area contributed by atoms with Gasteiger partial charge in [-0.3, -0.25) is 0 Å². The van der Waals surface area contributed by atoms with Crippen molar-refractivity contribution in [2.24, 2.45) is 0 Å². The molecule has 0 fully saturated rings. The van der Waals surface area contributed by atoms with Crippen LogP contribution in [0.25, 0.3) is 12.2 Å². The summed E-state index contributed by atoms with van der Waals surface area (Å²) in [6, 6.07) is 6.36. The lowest BCUT2D eigenvalue weighted by Crippen LogP contribution is -1.93. The first-order valence-electron chi connectivity index (χ1n) is 5.70. The molecule has 0 bridgehead atoms. The first kappa shape index (κ1) is 12.7. The average molecular weight is 228 g/mol. The van der Waals surface area contributed by atoms with Crippen LogP contribution in [0, 0.1) is 0 Å². The van der Waals surface area contributed by atoms with Crippen molar-refractivity contribution < 1.29 is 0 Å². The predicted molar refractivity (Wildman–Crippen MR) is 78.6 cm³/mol. The normalized spacial score (nSPS) is 10.0. The van der Waals surface area contributed by atoms with Crippen molar-refractivity contribution >= 4 is 22.4 Å². The summed E-state index contributed by atoms with van der Waals surface area (Å²) < 4.78 is 0. The first-order chi connectivity index (χ1) is 7.69. The van der Waals surface area contributed by atoms with Crippen molar-refractivity contribution in [3.63, 3.8) is 0 Å². The first-order valence-corrected chi connectivity index (χ1v) is 6.70. The molecule has 0 aliphatic rings. The monoisotopic (exact) mass is 228 g/mol. The SMILES string of the molecule is C=Cc1cccc(CCCC(=C)[SiH3])c1C=C. The molecule has 1 rings (SSSR count). The zero-order chi connectivity index (χ0) is 12.0. The third kappa shape index (κ3) is 3.35. The second-order valence-corrected chi connectivity index (χ2v) is 5.55. The minimum Gasteiger partial charge on any atom is -0.105 e. The second-order valence-electron chi connectivity index (χ2n) is 4.14. The Morgan fingerprint density at radius 2 is 2.00 bits per heavy atom. The standard InChI is InChI=1S/C15H20Si/c1-4-13-9-7-11-14(15(13)5-2)10-6-8-12(3)16/h4-5,7,9,11H,1-3,6,8,10H2,16H3. The van der Waals surface area contributed by atoms with Gasteiger partial charge in [0.15, 0.2) is 0 Å². The van der Waals surface area contributed by atoms with Gasteiger partial charge in [0, 0.05) is 10.2 Å². The Bertz CT molecular complexity index is 402. The van der Waals surface area contributed by atoms with Crippen molar-refractivity contribution in [2.45, 2.75) is 19.3 Å². The summed E-state index contributed by atoms with van der Waals surface area (Å²) in [6.45, 7) is 11.7. The highest BCUT2D eigenvalue weighted by molar-refractivity contribution is 6.21. The molecule has 1 aromatic carbocycles. The van der Waals surface area contributed by atoms with Gasteiger partial charge in [0.1, 0.15) is 0 Å². The van der Waals surface area contributed by atoms with E-state index >= 15 is 0 Å². The Morgan fingerprint density at radius 3 is 2.56 bits per heavy atom. The Labute approximate surface area is 102 Å². The van der Waals surface area contributed by atoms with Gasteiger partial charge in [0.05, 0.1) is 0 Å². The smallest absolute Gasteiger partial charge is 0.0325 e. The molecule has 0 atom stereocenters. The van der Waals surface area contributed by atoms with E-state index < -0.39 is 0 Å². The minimum absolute atomic E-state index is 1.10. The van der Waals surface area contributed by atoms with Crippen LogP contribution in [0.15, 0.2) is 43.1 Å². The van der Waals surface area contributed by atoms with Gasteiger partial charge in [-0.15, -0.1) is 6.58 Å². The second kappa shape index (κ2) is 6.29. The lowest BCUT2D eigenvalue weighted by Gasteiger charge is -2.09. The van der Waals surface area contributed by atoms with Crippen LogP contribution >= 0.6 is 0 Å². The molecule has 0 aliphatic carbocycles. The summed E-state index contributed by atoms with van der Waals surface area (Å²) in [4.78, 5) is 0. The van der Waals surface area contributed by atoms with Gasteiger partial charge in [-0.1, -0.05) is 48.7 Å². The van der Waals surface area contributed by atoms with E-state index in [0.29, 0.717) is 0 Å². The average Bonchev–Trinajstić information content (AvgIpc) is 2.28. The molecule has 1 aromatic rings. The van der Waals surface area contributed by atoms with Crippen molar-refractivity contribution in [3.05, 3.63) is 59.8 Å². The summed E-state index contributed by atoms with van der Waals surface area (Å²) in [5.41, 5.74) is 3.78. The molecule has 0 aromatic heterocycles. The fraction of sp³-hybridized carbons (Fsp3) is 0.200. The molecule has 0 aliphatic heterocycles. The highest BCUT2D eigenvalue weighted by Gasteiger charge is 2.02. The van der Waals surface area contributed by atoms with E-state index in [9.17, 15) is 0 Å². The number of rotatable bonds is 6. The highest BCUT2D eigenvalue weighted by atomic mass is 28.1. The van der Waals surface area contributed by atoms with Gasteiger partial charge in [0.2, 0.25) is 0 Å². The molecule has 0 N–H and O–H groups in total. The van der Waals surface area contributed by atoms with Crippen molar-refractivity contribution in [1.82, 2.24) is 0 Å². The van der Waals surface area contributed by atoms with E-state index in [2.05, 4.69) is 37.9 Å². The lowest BCUT2D eigenvalue weighted by atomic mass is 9.97. The van der Waals surface area contributed by atoms with Gasteiger partial charge >= 0.3 is 0 Å². The zero-order valence-corrected chi connectivity index (χ0v) is 12.1. The topological polar surface area (TPSA) is 0 Å². The number of aryl methyl sites for hydroxylation is 1. The van der Waals surface area contributed by atoms with Gasteiger partial charge in [0.25, 0.3) is 0 Å². The molecule has 0 nitrogen and oxygen atoms in total. The van der Waals surface area contributed by atoms with Gasteiger partial charge < -0.3 is 0 Å². The van der Waals surface area contributed by atoms with Crippen LogP contribution in [0.4, 0.5) is 0 Å². The highest BCUT2D eigenvalue weighted by Crippen LogP contribution is 2.19. The lowest BCUT2D eigenvalue weighted by molar-refractivity contribution is 0.834. The number of allylic oxidation sites excluding steroid dienone is 1. The van der Waals surface area contributed by atoms with Crippen molar-refractivity contribution in [1.29, 1.82) is 0 Å². The Balaban J connectivity index is 2.82. The van der Waals surface area contributed by atoms with Crippen LogP contribution in [0.3, 0.4) is 0 Å². The van der Waals surface area contributed by atoms with Crippen molar-refractivity contribution in [3.8, 4) is 0 Å². The van der Waals surface area contributed by atoms with Crippen LogP contribution in [0.2, 0.25) is 0 Å². The molecule has 0 unspecified atom stereocenters.